The Morgan fingerprint density at radius 3 is 3.17 bits per heavy atom. The summed E-state index contributed by atoms with van der Waals surface area (Å²) in [4.78, 5) is 1.07. The van der Waals surface area contributed by atoms with Crippen LogP contribution in [-0.4, -0.2) is 23.1 Å². The smallest absolute Gasteiger partial charge is 0.186 e. The highest BCUT2D eigenvalue weighted by molar-refractivity contribution is 7.99. The van der Waals surface area contributed by atoms with Gasteiger partial charge in [-0.25, -0.2) is 4.39 Å². The average Bonchev–Trinajstić information content (AvgIpc) is 2.36. The molecule has 0 saturated heterocycles. The Morgan fingerprint density at radius 2 is 2.39 bits per heavy atom. The minimum absolute atomic E-state index is 0.238. The Balaban J connectivity index is 2.18. The van der Waals surface area contributed by atoms with Crippen LogP contribution in [0.1, 0.15) is 18.9 Å². The molecule has 1 heterocycles. The van der Waals surface area contributed by atoms with E-state index >= 15 is 0 Å². The number of thioether (sulfide) groups is 1. The maximum Gasteiger partial charge on any atom is 0.186 e. The molecule has 0 saturated carbocycles. The number of rotatable bonds is 2. The van der Waals surface area contributed by atoms with Crippen LogP contribution in [0.25, 0.3) is 0 Å². The topological polar surface area (TPSA) is 36.4 Å². The largest absolute Gasteiger partial charge is 0.362 e. The zero-order valence-corrected chi connectivity index (χ0v) is 11.6. The summed E-state index contributed by atoms with van der Waals surface area (Å²) in [5, 5.41) is 7.71. The maximum atomic E-state index is 13.3. The predicted molar refractivity (Wildman–Crippen MR) is 77.7 cm³/mol. The van der Waals surface area contributed by atoms with Crippen molar-refractivity contribution in [2.75, 3.05) is 12.3 Å². The summed E-state index contributed by atoms with van der Waals surface area (Å²) in [6.45, 7) is 2.71. The number of fused-ring (bicyclic) bond motifs is 1. The molecule has 1 aromatic rings. The molecule has 0 spiro atoms. The van der Waals surface area contributed by atoms with Gasteiger partial charge in [0.25, 0.3) is 0 Å². The van der Waals surface area contributed by atoms with Crippen molar-refractivity contribution in [3.8, 4) is 0 Å². The third-order valence-electron chi connectivity index (χ3n) is 2.48. The Labute approximate surface area is 115 Å². The molecule has 0 aliphatic carbocycles. The Kier molecular flexibility index (Phi) is 4.54. The van der Waals surface area contributed by atoms with E-state index in [1.807, 2.05) is 6.92 Å². The Bertz CT molecular complexity index is 488. The maximum absolute atomic E-state index is 13.3. The van der Waals surface area contributed by atoms with Crippen LogP contribution in [-0.2, 0) is 0 Å². The highest BCUT2D eigenvalue weighted by atomic mass is 32.2. The van der Waals surface area contributed by atoms with E-state index in [0.29, 0.717) is 5.11 Å². The summed E-state index contributed by atoms with van der Waals surface area (Å²) in [7, 11) is 0. The van der Waals surface area contributed by atoms with Crippen LogP contribution in [0, 0.1) is 5.82 Å². The van der Waals surface area contributed by atoms with Crippen molar-refractivity contribution in [2.24, 2.45) is 5.10 Å². The van der Waals surface area contributed by atoms with E-state index in [-0.39, 0.29) is 5.82 Å². The van der Waals surface area contributed by atoms with Crippen molar-refractivity contribution >= 4 is 34.8 Å². The summed E-state index contributed by atoms with van der Waals surface area (Å²) in [6.07, 6.45) is 0.808. The molecule has 1 aromatic carbocycles. The Morgan fingerprint density at radius 1 is 1.56 bits per heavy atom. The first kappa shape index (κ1) is 13.3. The third kappa shape index (κ3) is 3.20. The molecular weight excluding hydrogens is 269 g/mol. The van der Waals surface area contributed by atoms with Crippen LogP contribution < -0.4 is 10.7 Å². The predicted octanol–water partition coefficient (Wildman–Crippen LogP) is 2.51. The van der Waals surface area contributed by atoms with E-state index in [1.54, 1.807) is 17.8 Å². The van der Waals surface area contributed by atoms with E-state index in [1.165, 1.54) is 12.1 Å². The fraction of sp³-hybridized carbons (Fsp3) is 0.333. The van der Waals surface area contributed by atoms with E-state index in [9.17, 15) is 4.39 Å². The lowest BCUT2D eigenvalue weighted by Crippen LogP contribution is -2.32. The number of hydrogen-bond donors (Lipinski definition) is 2. The summed E-state index contributed by atoms with van der Waals surface area (Å²) in [5.74, 6) is 0.714. The zero-order valence-electron chi connectivity index (χ0n) is 10.00. The van der Waals surface area contributed by atoms with E-state index < -0.39 is 0 Å². The normalized spacial score (nSPS) is 16.2. The van der Waals surface area contributed by atoms with Crippen molar-refractivity contribution in [3.63, 3.8) is 0 Å². The number of nitrogens with zero attached hydrogens (tertiary/aromatic N) is 1. The van der Waals surface area contributed by atoms with E-state index in [2.05, 4.69) is 15.8 Å². The number of halogens is 1. The van der Waals surface area contributed by atoms with Gasteiger partial charge < -0.3 is 5.32 Å². The van der Waals surface area contributed by atoms with E-state index in [0.717, 1.165) is 34.9 Å². The molecule has 0 atom stereocenters. The summed E-state index contributed by atoms with van der Waals surface area (Å²) < 4.78 is 13.3. The average molecular weight is 283 g/mol. The molecule has 0 bridgehead atoms. The minimum atomic E-state index is -0.238. The molecule has 0 aromatic heterocycles. The minimum Gasteiger partial charge on any atom is -0.362 e. The van der Waals surface area contributed by atoms with Crippen molar-refractivity contribution in [2.45, 2.75) is 18.2 Å². The van der Waals surface area contributed by atoms with Crippen molar-refractivity contribution < 1.29 is 4.39 Å². The molecule has 1 aliphatic heterocycles. The summed E-state index contributed by atoms with van der Waals surface area (Å²) in [6, 6.07) is 4.80. The molecule has 18 heavy (non-hydrogen) atoms. The van der Waals surface area contributed by atoms with Gasteiger partial charge in [-0.1, -0.05) is 0 Å². The van der Waals surface area contributed by atoms with Crippen LogP contribution in [0.4, 0.5) is 4.39 Å². The molecular formula is C12H14FN3S2. The lowest BCUT2D eigenvalue weighted by atomic mass is 10.1. The molecule has 2 rings (SSSR count). The lowest BCUT2D eigenvalue weighted by Gasteiger charge is -2.17. The standard InChI is InChI=1S/C12H14FN3S2/c1-2-14-12(17)16-15-10-5-6-18-11-4-3-8(13)7-9(10)11/h3-4,7H,2,5-6H2,1H3,(H2,14,16,17)/b15-10-. The van der Waals surface area contributed by atoms with Crippen molar-refractivity contribution in [1.29, 1.82) is 0 Å². The zero-order chi connectivity index (χ0) is 13.0. The first-order valence-corrected chi connectivity index (χ1v) is 7.13. The molecule has 96 valence electrons. The highest BCUT2D eigenvalue weighted by Crippen LogP contribution is 2.30. The molecule has 0 fully saturated rings. The second kappa shape index (κ2) is 6.15. The van der Waals surface area contributed by atoms with E-state index in [4.69, 9.17) is 12.2 Å². The monoisotopic (exact) mass is 283 g/mol. The molecule has 3 nitrogen and oxygen atoms in total. The van der Waals surface area contributed by atoms with Gasteiger partial charge in [0.2, 0.25) is 0 Å². The van der Waals surface area contributed by atoms with Crippen molar-refractivity contribution in [3.05, 3.63) is 29.6 Å². The molecule has 0 amide bonds. The molecule has 1 aliphatic rings. The van der Waals surface area contributed by atoms with Gasteiger partial charge in [0.1, 0.15) is 5.82 Å². The number of nitrogens with one attached hydrogen (secondary N) is 2. The Hall–Kier alpha value is -1.14. The fourth-order valence-electron chi connectivity index (χ4n) is 1.68. The van der Waals surface area contributed by atoms with Gasteiger partial charge >= 0.3 is 0 Å². The number of hydrogen-bond acceptors (Lipinski definition) is 3. The van der Waals surface area contributed by atoms with Gasteiger partial charge in [-0.05, 0) is 37.3 Å². The van der Waals surface area contributed by atoms with Gasteiger partial charge in [-0.2, -0.15) is 5.10 Å². The SMILES string of the molecule is CCNC(=S)N/N=C1/CCSc2ccc(F)cc21. The van der Waals surface area contributed by atoms with Crippen molar-refractivity contribution in [1.82, 2.24) is 10.7 Å². The van der Waals surface area contributed by atoms with Gasteiger partial charge in [-0.3, -0.25) is 5.43 Å². The van der Waals surface area contributed by atoms with Gasteiger partial charge in [0.05, 0.1) is 5.71 Å². The first-order chi connectivity index (χ1) is 8.70. The quantitative estimate of drug-likeness (QED) is 0.646. The second-order valence-electron chi connectivity index (χ2n) is 3.77. The summed E-state index contributed by atoms with van der Waals surface area (Å²) in [5.41, 5.74) is 4.50. The second-order valence-corrected chi connectivity index (χ2v) is 5.31. The molecule has 0 radical (unpaired) electrons. The van der Waals surface area contributed by atoms with Crippen LogP contribution in [0.3, 0.4) is 0 Å². The molecule has 6 heteroatoms. The molecule has 0 unspecified atom stereocenters. The van der Waals surface area contributed by atoms with Crippen LogP contribution in [0.2, 0.25) is 0 Å². The number of thiocarbonyl (C=S) groups is 1. The fourth-order valence-corrected chi connectivity index (χ4v) is 2.88. The van der Waals surface area contributed by atoms with Crippen LogP contribution in [0.15, 0.2) is 28.2 Å². The van der Waals surface area contributed by atoms with Gasteiger partial charge in [0.15, 0.2) is 5.11 Å². The lowest BCUT2D eigenvalue weighted by molar-refractivity contribution is 0.626. The van der Waals surface area contributed by atoms with Gasteiger partial charge in [0, 0.05) is 29.2 Å². The summed E-state index contributed by atoms with van der Waals surface area (Å²) >= 11 is 6.76. The number of benzene rings is 1. The molecule has 2 N–H and O–H groups in total. The van der Waals surface area contributed by atoms with Gasteiger partial charge in [-0.15, -0.1) is 11.8 Å². The highest BCUT2D eigenvalue weighted by Gasteiger charge is 2.16. The number of hydrazone groups is 1. The van der Waals surface area contributed by atoms with Crippen LogP contribution >= 0.6 is 24.0 Å². The third-order valence-corrected chi connectivity index (χ3v) is 3.79. The van der Waals surface area contributed by atoms with Crippen LogP contribution in [0.5, 0.6) is 0 Å². The first-order valence-electron chi connectivity index (χ1n) is 5.74.